The van der Waals surface area contributed by atoms with E-state index >= 15 is 0 Å². The minimum Gasteiger partial charge on any atom is -0.313 e. The van der Waals surface area contributed by atoms with Crippen LogP contribution in [0.5, 0.6) is 0 Å². The summed E-state index contributed by atoms with van der Waals surface area (Å²) in [5.74, 6) is 0.385. The first-order valence-corrected chi connectivity index (χ1v) is 8.00. The van der Waals surface area contributed by atoms with Gasteiger partial charge in [-0.25, -0.2) is 8.42 Å². The summed E-state index contributed by atoms with van der Waals surface area (Å²) in [6.45, 7) is 4.92. The van der Waals surface area contributed by atoms with Crippen molar-refractivity contribution in [2.24, 2.45) is 0 Å². The molecule has 2 saturated heterocycles. The second kappa shape index (κ2) is 5.02. The Labute approximate surface area is 98.3 Å². The van der Waals surface area contributed by atoms with Crippen molar-refractivity contribution in [3.8, 4) is 0 Å². The molecule has 2 atom stereocenters. The lowest BCUT2D eigenvalue weighted by atomic mass is 10.2. The van der Waals surface area contributed by atoms with Crippen LogP contribution in [0.4, 0.5) is 0 Å². The first kappa shape index (κ1) is 12.3. The Bertz CT molecular complexity index is 329. The van der Waals surface area contributed by atoms with Crippen LogP contribution in [-0.2, 0) is 9.84 Å². The van der Waals surface area contributed by atoms with Gasteiger partial charge in [0.1, 0.15) is 5.37 Å². The molecular weight excluding hydrogens is 224 g/mol. The Hall–Kier alpha value is -0.130. The Balaban J connectivity index is 2.09. The van der Waals surface area contributed by atoms with Gasteiger partial charge in [-0.05, 0) is 39.2 Å². The lowest BCUT2D eigenvalue weighted by molar-refractivity contribution is 0.230. The molecule has 2 fully saturated rings. The van der Waals surface area contributed by atoms with Crippen LogP contribution >= 0.6 is 0 Å². The monoisotopic (exact) mass is 246 g/mol. The third-order valence-electron chi connectivity index (χ3n) is 3.58. The topological polar surface area (TPSA) is 49.4 Å². The molecule has 4 nitrogen and oxygen atoms in total. The zero-order valence-corrected chi connectivity index (χ0v) is 10.8. The molecule has 0 aromatic heterocycles. The van der Waals surface area contributed by atoms with Gasteiger partial charge in [0, 0.05) is 19.1 Å². The van der Waals surface area contributed by atoms with E-state index in [1.807, 2.05) is 0 Å². The first-order valence-electron chi connectivity index (χ1n) is 6.28. The number of hydrogen-bond donors (Lipinski definition) is 1. The summed E-state index contributed by atoms with van der Waals surface area (Å²) >= 11 is 0. The maximum absolute atomic E-state index is 12.0. The van der Waals surface area contributed by atoms with Crippen LogP contribution < -0.4 is 5.32 Å². The van der Waals surface area contributed by atoms with Crippen LogP contribution in [0.3, 0.4) is 0 Å². The number of nitrogens with zero attached hydrogens (tertiary/aromatic N) is 1. The van der Waals surface area contributed by atoms with Gasteiger partial charge < -0.3 is 5.32 Å². The summed E-state index contributed by atoms with van der Waals surface area (Å²) in [4.78, 5) is 2.18. The van der Waals surface area contributed by atoms with Gasteiger partial charge in [-0.3, -0.25) is 4.90 Å². The molecule has 2 heterocycles. The van der Waals surface area contributed by atoms with Gasteiger partial charge in [0.2, 0.25) is 0 Å². The molecule has 2 rings (SSSR count). The molecule has 5 heteroatoms. The number of hydrogen-bond acceptors (Lipinski definition) is 4. The average Bonchev–Trinajstić information content (AvgIpc) is 2.42. The van der Waals surface area contributed by atoms with E-state index < -0.39 is 9.84 Å². The zero-order chi connectivity index (χ0) is 11.6. The van der Waals surface area contributed by atoms with Gasteiger partial charge in [-0.1, -0.05) is 0 Å². The second-order valence-electron chi connectivity index (χ2n) is 5.02. The molecule has 0 radical (unpaired) electrons. The molecule has 94 valence electrons. The highest BCUT2D eigenvalue weighted by Gasteiger charge is 2.34. The fourth-order valence-corrected chi connectivity index (χ4v) is 4.80. The highest BCUT2D eigenvalue weighted by molar-refractivity contribution is 7.92. The molecule has 1 N–H and O–H groups in total. The predicted molar refractivity (Wildman–Crippen MR) is 65.1 cm³/mol. The van der Waals surface area contributed by atoms with Gasteiger partial charge in [-0.2, -0.15) is 0 Å². The van der Waals surface area contributed by atoms with E-state index in [1.54, 1.807) is 0 Å². The van der Waals surface area contributed by atoms with Crippen molar-refractivity contribution in [1.82, 2.24) is 10.2 Å². The van der Waals surface area contributed by atoms with Gasteiger partial charge in [-0.15, -0.1) is 0 Å². The quantitative estimate of drug-likeness (QED) is 0.736. The molecule has 0 spiro atoms. The minimum absolute atomic E-state index is 0.205. The molecule has 0 saturated carbocycles. The van der Waals surface area contributed by atoms with Crippen molar-refractivity contribution in [2.75, 3.05) is 25.4 Å². The van der Waals surface area contributed by atoms with Crippen molar-refractivity contribution in [1.29, 1.82) is 0 Å². The van der Waals surface area contributed by atoms with Gasteiger partial charge in [0.25, 0.3) is 0 Å². The van der Waals surface area contributed by atoms with E-state index in [0.29, 0.717) is 11.8 Å². The smallest absolute Gasteiger partial charge is 0.166 e. The normalized spacial score (nSPS) is 36.8. The summed E-state index contributed by atoms with van der Waals surface area (Å²) in [7, 11) is -2.86. The molecule has 2 unspecified atom stereocenters. The Morgan fingerprint density at radius 2 is 2.06 bits per heavy atom. The minimum atomic E-state index is -2.86. The maximum atomic E-state index is 12.0. The number of rotatable bonds is 1. The van der Waals surface area contributed by atoms with Crippen LogP contribution in [0.15, 0.2) is 0 Å². The summed E-state index contributed by atoms with van der Waals surface area (Å²) in [6.07, 6.45) is 3.79. The number of sulfone groups is 1. The fraction of sp³-hybridized carbons (Fsp3) is 1.00. The third kappa shape index (κ3) is 2.76. The lowest BCUT2D eigenvalue weighted by Crippen LogP contribution is -2.47. The van der Waals surface area contributed by atoms with E-state index in [2.05, 4.69) is 17.1 Å². The molecule has 0 aliphatic carbocycles. The van der Waals surface area contributed by atoms with E-state index in [0.717, 1.165) is 45.3 Å². The Morgan fingerprint density at radius 3 is 2.81 bits per heavy atom. The van der Waals surface area contributed by atoms with Crippen molar-refractivity contribution in [3.05, 3.63) is 0 Å². The third-order valence-corrected chi connectivity index (χ3v) is 5.80. The highest BCUT2D eigenvalue weighted by Crippen LogP contribution is 2.23. The van der Waals surface area contributed by atoms with Gasteiger partial charge in [0.15, 0.2) is 9.84 Å². The van der Waals surface area contributed by atoms with Crippen LogP contribution in [0.1, 0.15) is 32.6 Å². The summed E-state index contributed by atoms with van der Waals surface area (Å²) in [5.41, 5.74) is 0. The van der Waals surface area contributed by atoms with Crippen molar-refractivity contribution in [3.63, 3.8) is 0 Å². The summed E-state index contributed by atoms with van der Waals surface area (Å²) in [6, 6.07) is 0.402. The summed E-state index contributed by atoms with van der Waals surface area (Å²) in [5, 5.41) is 3.20. The fourth-order valence-electron chi connectivity index (χ4n) is 2.75. The maximum Gasteiger partial charge on any atom is 0.166 e. The van der Waals surface area contributed by atoms with E-state index in [9.17, 15) is 8.42 Å². The second-order valence-corrected chi connectivity index (χ2v) is 7.30. The van der Waals surface area contributed by atoms with Crippen LogP contribution in [0.25, 0.3) is 0 Å². The molecule has 16 heavy (non-hydrogen) atoms. The van der Waals surface area contributed by atoms with E-state index in [1.165, 1.54) is 0 Å². The van der Waals surface area contributed by atoms with E-state index in [4.69, 9.17) is 0 Å². The molecule has 0 aromatic carbocycles. The molecule has 0 bridgehead atoms. The summed E-state index contributed by atoms with van der Waals surface area (Å²) < 4.78 is 24.1. The van der Waals surface area contributed by atoms with Crippen molar-refractivity contribution in [2.45, 2.75) is 44.0 Å². The van der Waals surface area contributed by atoms with Crippen LogP contribution in [-0.4, -0.2) is 50.1 Å². The number of nitrogens with one attached hydrogen (secondary N) is 1. The predicted octanol–water partition coefficient (Wildman–Crippen LogP) is 0.595. The standard InChI is InChI=1S/C11H22N2O2S/c1-10-9-13(7-4-6-12-10)11-5-2-3-8-16(11,14)15/h10-12H,2-9H2,1H3. The van der Waals surface area contributed by atoms with Crippen molar-refractivity contribution < 1.29 is 8.42 Å². The molecular formula is C11H22N2O2S. The average molecular weight is 246 g/mol. The van der Waals surface area contributed by atoms with Crippen LogP contribution in [0, 0.1) is 0 Å². The zero-order valence-electron chi connectivity index (χ0n) is 9.98. The van der Waals surface area contributed by atoms with Gasteiger partial charge in [0.05, 0.1) is 5.75 Å². The molecule has 2 aliphatic rings. The Morgan fingerprint density at radius 1 is 1.25 bits per heavy atom. The molecule has 2 aliphatic heterocycles. The SMILES string of the molecule is CC1CN(C2CCCCS2(=O)=O)CCCN1. The van der Waals surface area contributed by atoms with Crippen LogP contribution in [0.2, 0.25) is 0 Å². The van der Waals surface area contributed by atoms with Gasteiger partial charge >= 0.3 is 0 Å². The molecule has 0 amide bonds. The highest BCUT2D eigenvalue weighted by atomic mass is 32.2. The largest absolute Gasteiger partial charge is 0.313 e. The first-order chi connectivity index (χ1) is 7.59. The lowest BCUT2D eigenvalue weighted by Gasteiger charge is -2.33. The molecule has 0 aromatic rings. The van der Waals surface area contributed by atoms with Crippen molar-refractivity contribution >= 4 is 9.84 Å². The Kier molecular flexibility index (Phi) is 3.87. The van der Waals surface area contributed by atoms with E-state index in [-0.39, 0.29) is 5.37 Å².